The van der Waals surface area contributed by atoms with Gasteiger partial charge in [-0.3, -0.25) is 0 Å². The van der Waals surface area contributed by atoms with Crippen LogP contribution in [0.1, 0.15) is 18.9 Å². The molecule has 0 aromatic heterocycles. The topological polar surface area (TPSA) is 20.2 Å². The first kappa shape index (κ1) is 11.6. The van der Waals surface area contributed by atoms with Crippen molar-refractivity contribution in [2.45, 2.75) is 25.9 Å². The second kappa shape index (κ2) is 6.91. The lowest BCUT2D eigenvalue weighted by Crippen LogP contribution is -2.13. The van der Waals surface area contributed by atoms with E-state index < -0.39 is 0 Å². The van der Waals surface area contributed by atoms with E-state index >= 15 is 0 Å². The molecule has 78 valence electrons. The summed E-state index contributed by atoms with van der Waals surface area (Å²) in [5.74, 6) is 1.99. The maximum atomic E-state index is 9.71. The van der Waals surface area contributed by atoms with Crippen molar-refractivity contribution in [2.24, 2.45) is 0 Å². The highest BCUT2D eigenvalue weighted by molar-refractivity contribution is 7.99. The average molecular weight is 210 g/mol. The molecule has 1 unspecified atom stereocenters. The predicted octanol–water partition coefficient (Wildman–Crippen LogP) is 2.73. The van der Waals surface area contributed by atoms with Gasteiger partial charge in [0.2, 0.25) is 0 Å². The van der Waals surface area contributed by atoms with Crippen molar-refractivity contribution in [3.05, 3.63) is 35.9 Å². The van der Waals surface area contributed by atoms with E-state index in [1.165, 1.54) is 12.0 Å². The smallest absolute Gasteiger partial charge is 0.0670 e. The Bertz CT molecular complexity index is 235. The second-order valence-corrected chi connectivity index (χ2v) is 4.57. The quantitative estimate of drug-likeness (QED) is 0.729. The van der Waals surface area contributed by atoms with E-state index in [1.807, 2.05) is 30.0 Å². The van der Waals surface area contributed by atoms with Crippen LogP contribution in [0.3, 0.4) is 0 Å². The lowest BCUT2D eigenvalue weighted by molar-refractivity contribution is 0.200. The fourth-order valence-electron chi connectivity index (χ4n) is 1.31. The first-order valence-electron chi connectivity index (χ1n) is 5.12. The molecule has 1 aromatic rings. The molecule has 0 amide bonds. The number of rotatable bonds is 6. The molecule has 1 nitrogen and oxygen atoms in total. The highest BCUT2D eigenvalue weighted by Gasteiger charge is 2.04. The Balaban J connectivity index is 2.23. The number of benzene rings is 1. The molecule has 1 rings (SSSR count). The summed E-state index contributed by atoms with van der Waals surface area (Å²) < 4.78 is 0. The van der Waals surface area contributed by atoms with Crippen LogP contribution in [-0.2, 0) is 6.42 Å². The third-order valence-electron chi connectivity index (χ3n) is 1.97. The van der Waals surface area contributed by atoms with E-state index in [9.17, 15) is 5.11 Å². The average Bonchev–Trinajstić information content (AvgIpc) is 2.20. The molecular formula is C12H18OS. The van der Waals surface area contributed by atoms with Crippen LogP contribution < -0.4 is 0 Å². The summed E-state index contributed by atoms with van der Waals surface area (Å²) in [6, 6.07) is 10.2. The van der Waals surface area contributed by atoms with Crippen molar-refractivity contribution in [3.8, 4) is 0 Å². The zero-order valence-electron chi connectivity index (χ0n) is 8.65. The monoisotopic (exact) mass is 210 g/mol. The van der Waals surface area contributed by atoms with E-state index in [1.54, 1.807) is 0 Å². The van der Waals surface area contributed by atoms with Gasteiger partial charge in [-0.2, -0.15) is 11.8 Å². The van der Waals surface area contributed by atoms with Gasteiger partial charge < -0.3 is 5.11 Å². The normalized spacial score (nSPS) is 12.7. The third kappa shape index (κ3) is 4.68. The number of hydrogen-bond donors (Lipinski definition) is 1. The molecule has 1 aromatic carbocycles. The fourth-order valence-corrected chi connectivity index (χ4v) is 2.15. The molecule has 1 N–H and O–H groups in total. The van der Waals surface area contributed by atoms with Crippen molar-refractivity contribution >= 4 is 11.8 Å². The molecule has 1 atom stereocenters. The van der Waals surface area contributed by atoms with Gasteiger partial charge in [-0.05, 0) is 24.2 Å². The van der Waals surface area contributed by atoms with Crippen LogP contribution in [-0.4, -0.2) is 22.7 Å². The van der Waals surface area contributed by atoms with Crippen LogP contribution in [0, 0.1) is 0 Å². The predicted molar refractivity (Wildman–Crippen MR) is 63.8 cm³/mol. The third-order valence-corrected chi connectivity index (χ3v) is 3.29. The fraction of sp³-hybridized carbons (Fsp3) is 0.500. The van der Waals surface area contributed by atoms with Crippen LogP contribution >= 0.6 is 11.8 Å². The van der Waals surface area contributed by atoms with Crippen molar-refractivity contribution in [3.63, 3.8) is 0 Å². The first-order valence-corrected chi connectivity index (χ1v) is 6.28. The lowest BCUT2D eigenvalue weighted by Gasteiger charge is -2.09. The molecular weight excluding hydrogens is 192 g/mol. The summed E-state index contributed by atoms with van der Waals surface area (Å²) in [4.78, 5) is 0. The second-order valence-electron chi connectivity index (χ2n) is 3.42. The van der Waals surface area contributed by atoms with Crippen LogP contribution in [0.2, 0.25) is 0 Å². The Morgan fingerprint density at radius 3 is 2.64 bits per heavy atom. The molecule has 0 bridgehead atoms. The maximum Gasteiger partial charge on any atom is 0.0670 e. The number of hydrogen-bond acceptors (Lipinski definition) is 2. The summed E-state index contributed by atoms with van der Waals surface area (Å²) in [6.07, 6.45) is 1.76. The highest BCUT2D eigenvalue weighted by atomic mass is 32.2. The standard InChI is InChI=1S/C12H18OS/c1-2-8-14-10-12(13)9-11-6-4-3-5-7-11/h3-7,12-13H,2,8-10H2,1H3. The Hall–Kier alpha value is -0.470. The molecule has 0 spiro atoms. The minimum absolute atomic E-state index is 0.200. The summed E-state index contributed by atoms with van der Waals surface area (Å²) in [6.45, 7) is 2.16. The first-order chi connectivity index (χ1) is 6.83. The molecule has 0 aliphatic heterocycles. The molecule has 0 saturated carbocycles. The van der Waals surface area contributed by atoms with Crippen molar-refractivity contribution in [1.29, 1.82) is 0 Å². The van der Waals surface area contributed by atoms with Crippen molar-refractivity contribution in [1.82, 2.24) is 0 Å². The molecule has 0 saturated heterocycles. The largest absolute Gasteiger partial charge is 0.392 e. The number of aliphatic hydroxyl groups is 1. The summed E-state index contributed by atoms with van der Waals surface area (Å²) in [5.41, 5.74) is 1.22. The van der Waals surface area contributed by atoms with Gasteiger partial charge in [0.1, 0.15) is 0 Å². The van der Waals surface area contributed by atoms with E-state index in [0.717, 1.165) is 17.9 Å². The molecule has 0 aliphatic rings. The zero-order chi connectivity index (χ0) is 10.2. The van der Waals surface area contributed by atoms with Gasteiger partial charge in [0, 0.05) is 5.75 Å². The summed E-state index contributed by atoms with van der Waals surface area (Å²) >= 11 is 1.83. The van der Waals surface area contributed by atoms with Crippen molar-refractivity contribution < 1.29 is 5.11 Å². The summed E-state index contributed by atoms with van der Waals surface area (Å²) in [5, 5.41) is 9.71. The van der Waals surface area contributed by atoms with Crippen LogP contribution in [0.25, 0.3) is 0 Å². The highest BCUT2D eigenvalue weighted by Crippen LogP contribution is 2.09. The molecule has 0 heterocycles. The van der Waals surface area contributed by atoms with Crippen LogP contribution in [0.15, 0.2) is 30.3 Å². The maximum absolute atomic E-state index is 9.71. The molecule has 14 heavy (non-hydrogen) atoms. The molecule has 0 radical (unpaired) electrons. The summed E-state index contributed by atoms with van der Waals surface area (Å²) in [7, 11) is 0. The lowest BCUT2D eigenvalue weighted by atomic mass is 10.1. The van der Waals surface area contributed by atoms with E-state index in [2.05, 4.69) is 19.1 Å². The van der Waals surface area contributed by atoms with Gasteiger partial charge in [0.25, 0.3) is 0 Å². The Morgan fingerprint density at radius 2 is 2.00 bits per heavy atom. The minimum Gasteiger partial charge on any atom is -0.392 e. The van der Waals surface area contributed by atoms with Crippen molar-refractivity contribution in [2.75, 3.05) is 11.5 Å². The zero-order valence-corrected chi connectivity index (χ0v) is 9.46. The Kier molecular flexibility index (Phi) is 5.72. The van der Waals surface area contributed by atoms with Gasteiger partial charge in [-0.15, -0.1) is 0 Å². The molecule has 0 fully saturated rings. The molecule has 2 heteroatoms. The minimum atomic E-state index is -0.200. The Labute approximate surface area is 90.5 Å². The molecule has 0 aliphatic carbocycles. The van der Waals surface area contributed by atoms with Crippen LogP contribution in [0.5, 0.6) is 0 Å². The van der Waals surface area contributed by atoms with E-state index in [0.29, 0.717) is 0 Å². The van der Waals surface area contributed by atoms with E-state index in [-0.39, 0.29) is 6.10 Å². The van der Waals surface area contributed by atoms with Gasteiger partial charge in [0.15, 0.2) is 0 Å². The number of aliphatic hydroxyl groups excluding tert-OH is 1. The van der Waals surface area contributed by atoms with Gasteiger partial charge in [-0.1, -0.05) is 37.3 Å². The van der Waals surface area contributed by atoms with Crippen LogP contribution in [0.4, 0.5) is 0 Å². The number of thioether (sulfide) groups is 1. The van der Waals surface area contributed by atoms with Gasteiger partial charge in [-0.25, -0.2) is 0 Å². The van der Waals surface area contributed by atoms with Gasteiger partial charge >= 0.3 is 0 Å². The van der Waals surface area contributed by atoms with E-state index in [4.69, 9.17) is 0 Å². The van der Waals surface area contributed by atoms with Gasteiger partial charge in [0.05, 0.1) is 6.10 Å². The SMILES string of the molecule is CCCSCC(O)Cc1ccccc1. The Morgan fingerprint density at radius 1 is 1.29 bits per heavy atom.